The van der Waals surface area contributed by atoms with Gasteiger partial charge in [0.25, 0.3) is 0 Å². The van der Waals surface area contributed by atoms with E-state index in [1.165, 1.54) is 12.1 Å². The van der Waals surface area contributed by atoms with E-state index in [0.29, 0.717) is 13.1 Å². The Morgan fingerprint density at radius 3 is 2.84 bits per heavy atom. The van der Waals surface area contributed by atoms with Gasteiger partial charge in [0.15, 0.2) is 11.6 Å². The molecule has 0 spiro atoms. The van der Waals surface area contributed by atoms with E-state index >= 15 is 0 Å². The average molecular weight is 263 g/mol. The molecule has 0 unspecified atom stereocenters. The maximum Gasteiger partial charge on any atom is 0.165 e. The molecule has 1 aromatic carbocycles. The Hall–Kier alpha value is -1.88. The van der Waals surface area contributed by atoms with Crippen molar-refractivity contribution in [1.82, 2.24) is 15.1 Å². The van der Waals surface area contributed by atoms with Gasteiger partial charge in [-0.25, -0.2) is 4.39 Å². The van der Waals surface area contributed by atoms with Gasteiger partial charge in [-0.15, -0.1) is 0 Å². The molecule has 102 valence electrons. The van der Waals surface area contributed by atoms with Crippen molar-refractivity contribution >= 4 is 0 Å². The molecule has 19 heavy (non-hydrogen) atoms. The minimum Gasteiger partial charge on any atom is -0.505 e. The lowest BCUT2D eigenvalue weighted by Gasteiger charge is -2.05. The van der Waals surface area contributed by atoms with Crippen LogP contribution >= 0.6 is 0 Å². The molecule has 0 amide bonds. The zero-order valence-electron chi connectivity index (χ0n) is 11.2. The number of phenolic OH excluding ortho intramolecular Hbond substituents is 1. The molecule has 1 heterocycles. The van der Waals surface area contributed by atoms with Crippen molar-refractivity contribution in [3.05, 3.63) is 47.0 Å². The number of phenols is 1. The van der Waals surface area contributed by atoms with Crippen LogP contribution in [0.4, 0.5) is 4.39 Å². The summed E-state index contributed by atoms with van der Waals surface area (Å²) in [5, 5.41) is 16.7. The van der Waals surface area contributed by atoms with Crippen molar-refractivity contribution in [2.75, 3.05) is 0 Å². The summed E-state index contributed by atoms with van der Waals surface area (Å²) in [7, 11) is 1.90. The molecule has 5 heteroatoms. The minimum atomic E-state index is -0.588. The fourth-order valence-electron chi connectivity index (χ4n) is 2.03. The van der Waals surface area contributed by atoms with Gasteiger partial charge in [0.2, 0.25) is 0 Å². The van der Waals surface area contributed by atoms with Gasteiger partial charge >= 0.3 is 0 Å². The molecule has 1 aromatic heterocycles. The van der Waals surface area contributed by atoms with Gasteiger partial charge in [0.1, 0.15) is 0 Å². The highest BCUT2D eigenvalue weighted by atomic mass is 19.1. The lowest BCUT2D eigenvalue weighted by atomic mass is 10.2. The number of hydrogen-bond donors (Lipinski definition) is 2. The lowest BCUT2D eigenvalue weighted by molar-refractivity contribution is 0.431. The number of aryl methyl sites for hydroxylation is 2. The van der Waals surface area contributed by atoms with Crippen LogP contribution < -0.4 is 5.32 Å². The van der Waals surface area contributed by atoms with Crippen LogP contribution in [0.3, 0.4) is 0 Å². The molecular weight excluding hydrogens is 245 g/mol. The third kappa shape index (κ3) is 3.32. The molecule has 2 rings (SSSR count). The first-order chi connectivity index (χ1) is 9.10. The number of aromatic hydroxyl groups is 1. The molecule has 2 N–H and O–H groups in total. The van der Waals surface area contributed by atoms with Crippen molar-refractivity contribution < 1.29 is 9.50 Å². The van der Waals surface area contributed by atoms with Gasteiger partial charge in [0.05, 0.1) is 5.69 Å². The maximum absolute atomic E-state index is 13.2. The van der Waals surface area contributed by atoms with Crippen LogP contribution in [0.2, 0.25) is 0 Å². The number of benzene rings is 1. The second kappa shape index (κ2) is 5.84. The fraction of sp³-hybridized carbons (Fsp3) is 0.357. The summed E-state index contributed by atoms with van der Waals surface area (Å²) >= 11 is 0. The first-order valence-electron chi connectivity index (χ1n) is 6.29. The quantitative estimate of drug-likeness (QED) is 0.868. The molecular formula is C14H18FN3O. The largest absolute Gasteiger partial charge is 0.505 e. The monoisotopic (exact) mass is 263 g/mol. The van der Waals surface area contributed by atoms with E-state index in [1.807, 2.05) is 13.2 Å². The summed E-state index contributed by atoms with van der Waals surface area (Å²) in [5.41, 5.74) is 3.04. The lowest BCUT2D eigenvalue weighted by Crippen LogP contribution is -2.13. The van der Waals surface area contributed by atoms with Gasteiger partial charge in [-0.1, -0.05) is 13.0 Å². The zero-order chi connectivity index (χ0) is 13.8. The Morgan fingerprint density at radius 2 is 2.16 bits per heavy atom. The Bertz CT molecular complexity index is 566. The first kappa shape index (κ1) is 13.5. The second-order valence-corrected chi connectivity index (χ2v) is 4.52. The topological polar surface area (TPSA) is 50.1 Å². The van der Waals surface area contributed by atoms with E-state index in [9.17, 15) is 4.39 Å². The van der Waals surface area contributed by atoms with Crippen molar-refractivity contribution in [1.29, 1.82) is 0 Å². The zero-order valence-corrected chi connectivity index (χ0v) is 11.2. The van der Waals surface area contributed by atoms with Crippen LogP contribution in [0.15, 0.2) is 24.4 Å². The predicted molar refractivity (Wildman–Crippen MR) is 71.2 cm³/mol. The third-order valence-electron chi connectivity index (χ3n) is 2.98. The van der Waals surface area contributed by atoms with Crippen molar-refractivity contribution in [3.63, 3.8) is 0 Å². The SMILES string of the molecule is CCc1nn(C)cc1CNCc1ccc(O)c(F)c1. The van der Waals surface area contributed by atoms with Crippen LogP contribution in [0.5, 0.6) is 5.75 Å². The van der Waals surface area contributed by atoms with Gasteiger partial charge < -0.3 is 10.4 Å². The summed E-state index contributed by atoms with van der Waals surface area (Å²) in [6.07, 6.45) is 2.88. The molecule has 2 aromatic rings. The van der Waals surface area contributed by atoms with Gasteiger partial charge in [-0.05, 0) is 24.1 Å². The number of nitrogens with zero attached hydrogens (tertiary/aromatic N) is 2. The van der Waals surface area contributed by atoms with Crippen LogP contribution in [0, 0.1) is 5.82 Å². The first-order valence-corrected chi connectivity index (χ1v) is 6.29. The Morgan fingerprint density at radius 1 is 1.37 bits per heavy atom. The van der Waals surface area contributed by atoms with Crippen molar-refractivity contribution in [3.8, 4) is 5.75 Å². The smallest absolute Gasteiger partial charge is 0.165 e. The number of hydrogen-bond acceptors (Lipinski definition) is 3. The van der Waals surface area contributed by atoms with Crippen molar-refractivity contribution in [2.45, 2.75) is 26.4 Å². The average Bonchev–Trinajstić information content (AvgIpc) is 2.74. The van der Waals surface area contributed by atoms with E-state index in [-0.39, 0.29) is 5.75 Å². The molecule has 0 saturated carbocycles. The molecule has 0 aliphatic rings. The number of nitrogens with one attached hydrogen (secondary N) is 1. The molecule has 0 saturated heterocycles. The molecule has 4 nitrogen and oxygen atoms in total. The molecule has 0 fully saturated rings. The summed E-state index contributed by atoms with van der Waals surface area (Å²) in [5.74, 6) is -0.904. The summed E-state index contributed by atoms with van der Waals surface area (Å²) < 4.78 is 15.0. The number of rotatable bonds is 5. The highest BCUT2D eigenvalue weighted by Gasteiger charge is 2.06. The normalized spacial score (nSPS) is 10.9. The van der Waals surface area contributed by atoms with E-state index in [0.717, 1.165) is 23.2 Å². The van der Waals surface area contributed by atoms with E-state index < -0.39 is 5.82 Å². The van der Waals surface area contributed by atoms with Gasteiger partial charge in [-0.3, -0.25) is 4.68 Å². The van der Waals surface area contributed by atoms with E-state index in [2.05, 4.69) is 17.3 Å². The number of halogens is 1. The van der Waals surface area contributed by atoms with Crippen LogP contribution in [0.25, 0.3) is 0 Å². The van der Waals surface area contributed by atoms with Gasteiger partial charge in [-0.2, -0.15) is 5.10 Å². The molecule has 0 bridgehead atoms. The van der Waals surface area contributed by atoms with E-state index in [1.54, 1.807) is 10.7 Å². The predicted octanol–water partition coefficient (Wildman–Crippen LogP) is 2.12. The Kier molecular flexibility index (Phi) is 4.16. The maximum atomic E-state index is 13.2. The van der Waals surface area contributed by atoms with Crippen LogP contribution in [-0.2, 0) is 26.6 Å². The molecule has 0 aliphatic heterocycles. The Balaban J connectivity index is 1.94. The van der Waals surface area contributed by atoms with Crippen LogP contribution in [0.1, 0.15) is 23.7 Å². The highest BCUT2D eigenvalue weighted by Crippen LogP contribution is 2.16. The molecule has 0 radical (unpaired) electrons. The standard InChI is InChI=1S/C14H18FN3O/c1-3-13-11(9-18(2)17-13)8-16-7-10-4-5-14(19)12(15)6-10/h4-6,9,16,19H,3,7-8H2,1-2H3. The molecule has 0 aliphatic carbocycles. The van der Waals surface area contributed by atoms with Gasteiger partial charge in [0, 0.05) is 31.9 Å². The Labute approximate surface area is 111 Å². The summed E-state index contributed by atoms with van der Waals surface area (Å²) in [6, 6.07) is 4.41. The van der Waals surface area contributed by atoms with Crippen LogP contribution in [-0.4, -0.2) is 14.9 Å². The summed E-state index contributed by atoms with van der Waals surface area (Å²) in [6.45, 7) is 3.32. The second-order valence-electron chi connectivity index (χ2n) is 4.52. The minimum absolute atomic E-state index is 0.315. The fourth-order valence-corrected chi connectivity index (χ4v) is 2.03. The number of aromatic nitrogens is 2. The molecule has 0 atom stereocenters. The summed E-state index contributed by atoms with van der Waals surface area (Å²) in [4.78, 5) is 0. The highest BCUT2D eigenvalue weighted by molar-refractivity contribution is 5.28. The third-order valence-corrected chi connectivity index (χ3v) is 2.98. The van der Waals surface area contributed by atoms with Crippen molar-refractivity contribution in [2.24, 2.45) is 7.05 Å². The van der Waals surface area contributed by atoms with E-state index in [4.69, 9.17) is 5.11 Å².